The molecule has 0 aliphatic heterocycles. The average Bonchev–Trinajstić information content (AvgIpc) is 2.14. The van der Waals surface area contributed by atoms with Crippen LogP contribution in [0.3, 0.4) is 0 Å². The molecule has 2 nitrogen and oxygen atoms in total. The van der Waals surface area contributed by atoms with Gasteiger partial charge >= 0.3 is 0 Å². The zero-order valence-electron chi connectivity index (χ0n) is 8.00. The molecule has 0 spiro atoms. The van der Waals surface area contributed by atoms with Crippen molar-refractivity contribution in [3.63, 3.8) is 0 Å². The van der Waals surface area contributed by atoms with Crippen LogP contribution in [0.5, 0.6) is 5.75 Å². The molecule has 0 bridgehead atoms. The zero-order valence-corrected chi connectivity index (χ0v) is 9.59. The Morgan fingerprint density at radius 3 is 2.43 bits per heavy atom. The molecule has 0 aromatic heterocycles. The van der Waals surface area contributed by atoms with Gasteiger partial charge in [-0.1, -0.05) is 15.9 Å². The second-order valence-corrected chi connectivity index (χ2v) is 4.87. The molecular formula is C11H14BrNO. The van der Waals surface area contributed by atoms with E-state index in [9.17, 15) is 0 Å². The van der Waals surface area contributed by atoms with Gasteiger partial charge in [0.15, 0.2) is 0 Å². The van der Waals surface area contributed by atoms with Crippen LogP contribution in [-0.2, 0) is 0 Å². The van der Waals surface area contributed by atoms with E-state index in [0.717, 1.165) is 23.1 Å². The number of benzene rings is 1. The molecule has 3 heteroatoms. The molecule has 1 aliphatic rings. The quantitative estimate of drug-likeness (QED) is 0.902. The summed E-state index contributed by atoms with van der Waals surface area (Å²) in [5.74, 6) is 0.893. The molecule has 14 heavy (non-hydrogen) atoms. The fourth-order valence-electron chi connectivity index (χ4n) is 1.53. The van der Waals surface area contributed by atoms with Gasteiger partial charge in [-0.15, -0.1) is 0 Å². The molecule has 0 saturated heterocycles. The lowest BCUT2D eigenvalue weighted by atomic mass is 9.78. The predicted octanol–water partition coefficient (Wildman–Crippen LogP) is 2.71. The summed E-state index contributed by atoms with van der Waals surface area (Å²) < 4.78 is 6.69. The minimum atomic E-state index is -0.0624. The SMILES string of the molecule is NC1(COc2ccc(Br)cc2)CCC1. The minimum Gasteiger partial charge on any atom is -0.492 e. The van der Waals surface area contributed by atoms with Crippen molar-refractivity contribution in [3.05, 3.63) is 28.7 Å². The van der Waals surface area contributed by atoms with E-state index in [2.05, 4.69) is 15.9 Å². The topological polar surface area (TPSA) is 35.2 Å². The maximum atomic E-state index is 6.05. The monoisotopic (exact) mass is 255 g/mol. The van der Waals surface area contributed by atoms with Crippen LogP contribution in [0.1, 0.15) is 19.3 Å². The number of halogens is 1. The van der Waals surface area contributed by atoms with Crippen molar-refractivity contribution < 1.29 is 4.74 Å². The van der Waals surface area contributed by atoms with Gasteiger partial charge in [-0.2, -0.15) is 0 Å². The lowest BCUT2D eigenvalue weighted by Crippen LogP contribution is -2.51. The Morgan fingerprint density at radius 2 is 1.93 bits per heavy atom. The molecule has 2 rings (SSSR count). The van der Waals surface area contributed by atoms with Gasteiger partial charge in [-0.3, -0.25) is 0 Å². The first-order valence-corrected chi connectivity index (χ1v) is 5.65. The van der Waals surface area contributed by atoms with Crippen LogP contribution >= 0.6 is 15.9 Å². The number of ether oxygens (including phenoxy) is 1. The van der Waals surface area contributed by atoms with Gasteiger partial charge < -0.3 is 10.5 Å². The summed E-state index contributed by atoms with van der Waals surface area (Å²) in [7, 11) is 0. The molecule has 0 radical (unpaired) electrons. The molecule has 1 aromatic rings. The summed E-state index contributed by atoms with van der Waals surface area (Å²) in [6.45, 7) is 0.634. The van der Waals surface area contributed by atoms with Crippen molar-refractivity contribution in [1.29, 1.82) is 0 Å². The second-order valence-electron chi connectivity index (χ2n) is 3.96. The molecular weight excluding hydrogens is 242 g/mol. The lowest BCUT2D eigenvalue weighted by molar-refractivity contribution is 0.142. The predicted molar refractivity (Wildman–Crippen MR) is 60.4 cm³/mol. The second kappa shape index (κ2) is 3.91. The molecule has 2 N–H and O–H groups in total. The van der Waals surface area contributed by atoms with Crippen molar-refractivity contribution in [2.45, 2.75) is 24.8 Å². The van der Waals surface area contributed by atoms with E-state index in [1.54, 1.807) is 0 Å². The van der Waals surface area contributed by atoms with Crippen molar-refractivity contribution in [1.82, 2.24) is 0 Å². The molecule has 0 heterocycles. The third-order valence-corrected chi connectivity index (χ3v) is 3.22. The Labute approximate surface area is 92.6 Å². The van der Waals surface area contributed by atoms with E-state index in [0.29, 0.717) is 6.61 Å². The van der Waals surface area contributed by atoms with Gasteiger partial charge in [0, 0.05) is 4.47 Å². The van der Waals surface area contributed by atoms with Gasteiger partial charge in [0.1, 0.15) is 12.4 Å². The molecule has 0 unspecified atom stereocenters. The third kappa shape index (κ3) is 2.28. The first-order chi connectivity index (χ1) is 6.68. The highest BCUT2D eigenvalue weighted by molar-refractivity contribution is 9.10. The number of nitrogens with two attached hydrogens (primary N) is 1. The van der Waals surface area contributed by atoms with E-state index in [-0.39, 0.29) is 5.54 Å². The van der Waals surface area contributed by atoms with E-state index < -0.39 is 0 Å². The van der Waals surface area contributed by atoms with Crippen LogP contribution in [0.4, 0.5) is 0 Å². The molecule has 0 amide bonds. The molecule has 1 aliphatic carbocycles. The van der Waals surface area contributed by atoms with Crippen LogP contribution in [0.2, 0.25) is 0 Å². The fourth-order valence-corrected chi connectivity index (χ4v) is 1.80. The van der Waals surface area contributed by atoms with E-state index in [1.165, 1.54) is 6.42 Å². The molecule has 1 fully saturated rings. The fraction of sp³-hybridized carbons (Fsp3) is 0.455. The molecule has 0 atom stereocenters. The van der Waals surface area contributed by atoms with Crippen molar-refractivity contribution >= 4 is 15.9 Å². The average molecular weight is 256 g/mol. The standard InChI is InChI=1S/C11H14BrNO/c12-9-2-4-10(5-3-9)14-8-11(13)6-1-7-11/h2-5H,1,6-8,13H2. The Balaban J connectivity index is 1.88. The lowest BCUT2D eigenvalue weighted by Gasteiger charge is -2.37. The van der Waals surface area contributed by atoms with Crippen molar-refractivity contribution in [2.24, 2.45) is 5.73 Å². The van der Waals surface area contributed by atoms with Crippen LogP contribution < -0.4 is 10.5 Å². The molecule has 76 valence electrons. The van der Waals surface area contributed by atoms with Crippen LogP contribution in [-0.4, -0.2) is 12.1 Å². The molecule has 1 saturated carbocycles. The van der Waals surface area contributed by atoms with Gasteiger partial charge in [0.05, 0.1) is 5.54 Å². The number of hydrogen-bond donors (Lipinski definition) is 1. The van der Waals surface area contributed by atoms with E-state index in [4.69, 9.17) is 10.5 Å². The Bertz CT molecular complexity index is 306. The summed E-state index contributed by atoms with van der Waals surface area (Å²) in [5.41, 5.74) is 5.98. The Morgan fingerprint density at radius 1 is 1.29 bits per heavy atom. The first kappa shape index (κ1) is 9.99. The maximum absolute atomic E-state index is 6.05. The highest BCUT2D eigenvalue weighted by atomic mass is 79.9. The Hall–Kier alpha value is -0.540. The zero-order chi connectivity index (χ0) is 10.0. The van der Waals surface area contributed by atoms with Crippen LogP contribution in [0, 0.1) is 0 Å². The summed E-state index contributed by atoms with van der Waals surface area (Å²) in [4.78, 5) is 0. The van der Waals surface area contributed by atoms with Crippen molar-refractivity contribution in [3.8, 4) is 5.75 Å². The first-order valence-electron chi connectivity index (χ1n) is 4.85. The van der Waals surface area contributed by atoms with Gasteiger partial charge in [-0.25, -0.2) is 0 Å². The largest absolute Gasteiger partial charge is 0.492 e. The summed E-state index contributed by atoms with van der Waals surface area (Å²) in [6, 6.07) is 7.84. The van der Waals surface area contributed by atoms with E-state index in [1.807, 2.05) is 24.3 Å². The highest BCUT2D eigenvalue weighted by Gasteiger charge is 2.33. The minimum absolute atomic E-state index is 0.0624. The van der Waals surface area contributed by atoms with E-state index >= 15 is 0 Å². The van der Waals surface area contributed by atoms with Crippen LogP contribution in [0.15, 0.2) is 28.7 Å². The highest BCUT2D eigenvalue weighted by Crippen LogP contribution is 2.29. The number of rotatable bonds is 3. The smallest absolute Gasteiger partial charge is 0.119 e. The van der Waals surface area contributed by atoms with Crippen LogP contribution in [0.25, 0.3) is 0 Å². The van der Waals surface area contributed by atoms with Gasteiger partial charge in [-0.05, 0) is 43.5 Å². The van der Waals surface area contributed by atoms with Gasteiger partial charge in [0.25, 0.3) is 0 Å². The summed E-state index contributed by atoms with van der Waals surface area (Å²) in [6.07, 6.45) is 3.41. The summed E-state index contributed by atoms with van der Waals surface area (Å²) >= 11 is 3.38. The Kier molecular flexibility index (Phi) is 2.79. The maximum Gasteiger partial charge on any atom is 0.119 e. The molecule has 1 aromatic carbocycles. The number of hydrogen-bond acceptors (Lipinski definition) is 2. The van der Waals surface area contributed by atoms with Gasteiger partial charge in [0.2, 0.25) is 0 Å². The normalized spacial score (nSPS) is 18.7. The summed E-state index contributed by atoms with van der Waals surface area (Å²) in [5, 5.41) is 0. The van der Waals surface area contributed by atoms with Crippen molar-refractivity contribution in [2.75, 3.05) is 6.61 Å². The third-order valence-electron chi connectivity index (χ3n) is 2.69.